The molecule has 0 aliphatic carbocycles. The first-order chi connectivity index (χ1) is 36.1. The van der Waals surface area contributed by atoms with E-state index in [1.165, 1.54) is 32.3 Å². The summed E-state index contributed by atoms with van der Waals surface area (Å²) in [7, 11) is 0. The van der Waals surface area contributed by atoms with Gasteiger partial charge in [0.2, 0.25) is 5.96 Å². The third-order valence-corrected chi connectivity index (χ3v) is 15.5. The quantitative estimate of drug-likeness (QED) is 0.177. The third-order valence-electron chi connectivity index (χ3n) is 15.5. The number of aliphatic imine (C=N–C) groups is 2. The van der Waals surface area contributed by atoms with Crippen LogP contribution in [0.25, 0.3) is 131 Å². The molecule has 0 spiro atoms. The summed E-state index contributed by atoms with van der Waals surface area (Å²) >= 11 is 0. The van der Waals surface area contributed by atoms with Crippen molar-refractivity contribution in [3.05, 3.63) is 230 Å². The van der Waals surface area contributed by atoms with E-state index >= 15 is 0 Å². The molecule has 1 unspecified atom stereocenters. The van der Waals surface area contributed by atoms with E-state index in [4.69, 9.17) is 18.8 Å². The van der Waals surface area contributed by atoms with Crippen molar-refractivity contribution >= 4 is 137 Å². The first kappa shape index (κ1) is 40.2. The molecule has 6 heteroatoms. The molecule has 0 N–H and O–H groups in total. The third kappa shape index (κ3) is 5.86. The number of furan rings is 2. The topological polar surface area (TPSA) is 60.9 Å². The smallest absolute Gasteiger partial charge is 0.235 e. The van der Waals surface area contributed by atoms with Gasteiger partial charge in [-0.1, -0.05) is 165 Å². The van der Waals surface area contributed by atoms with E-state index in [-0.39, 0.29) is 5.92 Å². The molecule has 15 aromatic rings. The zero-order chi connectivity index (χ0) is 47.9. The number of rotatable bonds is 3. The molecule has 73 heavy (non-hydrogen) atoms. The SMILES string of the molecule is CC1C/C=C(c2cccc3oc4ccccc4c23)/N=C(n2c3ccccc3c3ccccc32)\N=C/1c1cc(-n2c3cc4ccccc4cc3c3c4ccccc4ccc32)cc2oc3c4ccccc4ccc3c12. The highest BCUT2D eigenvalue weighted by atomic mass is 16.3. The second kappa shape index (κ2) is 15.2. The fraction of sp³-hybridized carbons (Fsp3) is 0.0448. The number of fused-ring (bicyclic) bond motifs is 17. The van der Waals surface area contributed by atoms with Gasteiger partial charge in [-0.2, -0.15) is 0 Å². The summed E-state index contributed by atoms with van der Waals surface area (Å²) in [4.78, 5) is 11.7. The fourth-order valence-corrected chi connectivity index (χ4v) is 12.2. The summed E-state index contributed by atoms with van der Waals surface area (Å²) in [5.74, 6) is 0.519. The first-order valence-electron chi connectivity index (χ1n) is 25.1. The summed E-state index contributed by atoms with van der Waals surface area (Å²) in [6.45, 7) is 2.31. The van der Waals surface area contributed by atoms with Gasteiger partial charge in [0, 0.05) is 71.6 Å². The normalized spacial score (nSPS) is 16.8. The van der Waals surface area contributed by atoms with Gasteiger partial charge >= 0.3 is 0 Å². The average molecular weight is 935 g/mol. The summed E-state index contributed by atoms with van der Waals surface area (Å²) in [5, 5.41) is 16.0. The van der Waals surface area contributed by atoms with Crippen LogP contribution < -0.4 is 0 Å². The Morgan fingerprint density at radius 3 is 1.82 bits per heavy atom. The Labute approximate surface area is 417 Å². The van der Waals surface area contributed by atoms with Crippen molar-refractivity contribution in [1.82, 2.24) is 9.13 Å². The average Bonchev–Trinajstić information content (AvgIpc) is 4.19. The minimum atomic E-state index is -0.0659. The van der Waals surface area contributed by atoms with Crippen LogP contribution >= 0.6 is 0 Å². The summed E-state index contributed by atoms with van der Waals surface area (Å²) in [6, 6.07) is 76.1. The second-order valence-electron chi connectivity index (χ2n) is 19.6. The number of hydrogen-bond acceptors (Lipinski definition) is 4. The highest BCUT2D eigenvalue weighted by molar-refractivity contribution is 6.27. The lowest BCUT2D eigenvalue weighted by Gasteiger charge is -2.21. The molecule has 5 heterocycles. The molecule has 0 bridgehead atoms. The second-order valence-corrected chi connectivity index (χ2v) is 19.6. The van der Waals surface area contributed by atoms with Crippen LogP contribution in [0.2, 0.25) is 0 Å². The van der Waals surface area contributed by atoms with Crippen LogP contribution in [0, 0.1) is 5.92 Å². The number of benzene rings is 11. The van der Waals surface area contributed by atoms with E-state index in [1.807, 2.05) is 12.1 Å². The van der Waals surface area contributed by atoms with Gasteiger partial charge in [-0.15, -0.1) is 0 Å². The molecule has 0 amide bonds. The van der Waals surface area contributed by atoms with Crippen LogP contribution in [0.4, 0.5) is 0 Å². The van der Waals surface area contributed by atoms with Gasteiger partial charge in [0.25, 0.3) is 0 Å². The van der Waals surface area contributed by atoms with Gasteiger partial charge in [0.05, 0.1) is 39.2 Å². The standard InChI is InChI=1S/C67H42N4O2/c1-39-29-33-54(49-24-14-28-60-63(49)50-23-10-13-27-59(50)72-60)68-67(71-55-25-11-8-21-47(55)48-22-9-12-26-56(48)71)69-65(39)53-37-44(38-61-64(53)51-32-30-41-16-5-7-20-46(41)66(51)73-61)70-57-34-31-40-15-4-6-19-45(40)62(57)52-35-42-17-2-3-18-43(42)36-58(52)70/h2-28,30-39H,29H2,1H3/b54-33+,68-67+,69-65+. The molecule has 342 valence electrons. The molecule has 1 aliphatic rings. The summed E-state index contributed by atoms with van der Waals surface area (Å²) < 4.78 is 18.4. The first-order valence-corrected chi connectivity index (χ1v) is 25.1. The monoisotopic (exact) mass is 934 g/mol. The van der Waals surface area contributed by atoms with Gasteiger partial charge in [-0.25, -0.2) is 9.98 Å². The Morgan fingerprint density at radius 2 is 1.03 bits per heavy atom. The molecular formula is C67H42N4O2. The maximum Gasteiger partial charge on any atom is 0.235 e. The molecule has 4 aromatic heterocycles. The molecule has 0 radical (unpaired) electrons. The minimum absolute atomic E-state index is 0.0659. The predicted octanol–water partition coefficient (Wildman–Crippen LogP) is 17.9. The Bertz CT molecular complexity index is 4920. The van der Waals surface area contributed by atoms with Crippen LogP contribution in [-0.2, 0) is 0 Å². The lowest BCUT2D eigenvalue weighted by atomic mass is 9.90. The number of aromatic nitrogens is 2. The van der Waals surface area contributed by atoms with E-state index < -0.39 is 0 Å². The zero-order valence-corrected chi connectivity index (χ0v) is 39.7. The van der Waals surface area contributed by atoms with Crippen LogP contribution in [0.1, 0.15) is 24.5 Å². The fourth-order valence-electron chi connectivity index (χ4n) is 12.2. The summed E-state index contributed by atoms with van der Waals surface area (Å²) in [5.41, 5.74) is 12.5. The van der Waals surface area contributed by atoms with E-state index in [1.54, 1.807) is 0 Å². The Balaban J connectivity index is 1.03. The Morgan fingerprint density at radius 1 is 0.397 bits per heavy atom. The van der Waals surface area contributed by atoms with Crippen molar-refractivity contribution in [3.63, 3.8) is 0 Å². The van der Waals surface area contributed by atoms with Crippen molar-refractivity contribution in [3.8, 4) is 5.69 Å². The molecule has 11 aromatic carbocycles. The lowest BCUT2D eigenvalue weighted by Crippen LogP contribution is -2.20. The van der Waals surface area contributed by atoms with E-state index in [0.717, 1.165) is 116 Å². The Kier molecular flexibility index (Phi) is 8.40. The molecule has 1 aliphatic heterocycles. The molecule has 0 saturated heterocycles. The minimum Gasteiger partial charge on any atom is -0.456 e. The van der Waals surface area contributed by atoms with E-state index in [2.05, 4.69) is 222 Å². The largest absolute Gasteiger partial charge is 0.456 e. The van der Waals surface area contributed by atoms with Crippen molar-refractivity contribution in [2.75, 3.05) is 0 Å². The number of hydrogen-bond donors (Lipinski definition) is 0. The molecule has 6 nitrogen and oxygen atoms in total. The molecule has 0 saturated carbocycles. The number of allylic oxidation sites excluding steroid dienone is 1. The number of para-hydroxylation sites is 3. The maximum atomic E-state index is 7.22. The van der Waals surface area contributed by atoms with Crippen molar-refractivity contribution in [2.45, 2.75) is 13.3 Å². The van der Waals surface area contributed by atoms with Crippen molar-refractivity contribution in [2.24, 2.45) is 15.9 Å². The summed E-state index contributed by atoms with van der Waals surface area (Å²) in [6.07, 6.45) is 3.00. The van der Waals surface area contributed by atoms with Crippen LogP contribution in [0.15, 0.2) is 237 Å². The number of nitrogens with zero attached hydrogens (tertiary/aromatic N) is 4. The predicted molar refractivity (Wildman–Crippen MR) is 305 cm³/mol. The highest BCUT2D eigenvalue weighted by Gasteiger charge is 2.28. The Hall–Kier alpha value is -9.52. The van der Waals surface area contributed by atoms with Crippen LogP contribution in [-0.4, -0.2) is 20.8 Å². The highest BCUT2D eigenvalue weighted by Crippen LogP contribution is 2.44. The maximum absolute atomic E-state index is 7.22. The van der Waals surface area contributed by atoms with Gasteiger partial charge in [0.1, 0.15) is 22.3 Å². The van der Waals surface area contributed by atoms with Gasteiger partial charge in [0.15, 0.2) is 0 Å². The zero-order valence-electron chi connectivity index (χ0n) is 39.7. The molecule has 0 fully saturated rings. The lowest BCUT2D eigenvalue weighted by molar-refractivity contribution is 0.669. The van der Waals surface area contributed by atoms with Crippen molar-refractivity contribution in [1.29, 1.82) is 0 Å². The van der Waals surface area contributed by atoms with Gasteiger partial charge in [-0.05, 0) is 87.9 Å². The van der Waals surface area contributed by atoms with Crippen LogP contribution in [0.5, 0.6) is 0 Å². The van der Waals surface area contributed by atoms with Crippen molar-refractivity contribution < 1.29 is 8.83 Å². The molecular weight excluding hydrogens is 893 g/mol. The van der Waals surface area contributed by atoms with E-state index in [0.29, 0.717) is 12.4 Å². The molecule has 16 rings (SSSR count). The van der Waals surface area contributed by atoms with Gasteiger partial charge < -0.3 is 13.4 Å². The van der Waals surface area contributed by atoms with E-state index in [9.17, 15) is 0 Å². The molecule has 1 atom stereocenters. The van der Waals surface area contributed by atoms with Crippen LogP contribution in [0.3, 0.4) is 0 Å². The van der Waals surface area contributed by atoms with Gasteiger partial charge in [-0.3, -0.25) is 4.57 Å².